The van der Waals surface area contributed by atoms with Crippen LogP contribution in [0.2, 0.25) is 0 Å². The van der Waals surface area contributed by atoms with Crippen LogP contribution in [0.25, 0.3) is 10.9 Å². The second-order valence-corrected chi connectivity index (χ2v) is 8.30. The van der Waals surface area contributed by atoms with Crippen molar-refractivity contribution in [1.82, 2.24) is 20.5 Å². The van der Waals surface area contributed by atoms with Crippen LogP contribution in [0.15, 0.2) is 30.5 Å². The van der Waals surface area contributed by atoms with E-state index >= 15 is 0 Å². The van der Waals surface area contributed by atoms with Crippen molar-refractivity contribution in [3.8, 4) is 0 Å². The van der Waals surface area contributed by atoms with Gasteiger partial charge < -0.3 is 15.6 Å². The van der Waals surface area contributed by atoms with E-state index in [0.717, 1.165) is 41.8 Å². The number of nitrogens with zero attached hydrogens (tertiary/aromatic N) is 1. The molecule has 6 heteroatoms. The van der Waals surface area contributed by atoms with Gasteiger partial charge in [-0.2, -0.15) is 0 Å². The maximum absolute atomic E-state index is 12.7. The number of carbonyl (C=O) groups is 2. The number of aromatic amines is 1. The zero-order chi connectivity index (χ0) is 19.5. The first-order valence-corrected chi connectivity index (χ1v) is 10.4. The Hall–Kier alpha value is -2.34. The molecule has 0 spiro atoms. The number of rotatable bonds is 8. The number of carbonyl (C=O) groups excluding carboxylic acids is 2. The fourth-order valence-electron chi connectivity index (χ4n) is 4.40. The highest BCUT2D eigenvalue weighted by Crippen LogP contribution is 2.35. The molecule has 2 aromatic rings. The van der Waals surface area contributed by atoms with E-state index in [1.165, 1.54) is 12.8 Å². The third-order valence-corrected chi connectivity index (χ3v) is 6.11. The molecule has 3 N–H and O–H groups in total. The van der Waals surface area contributed by atoms with Gasteiger partial charge in [0.15, 0.2) is 0 Å². The average molecular weight is 383 g/mol. The van der Waals surface area contributed by atoms with Crippen LogP contribution in [0.4, 0.5) is 0 Å². The molecule has 0 unspecified atom stereocenters. The molecule has 2 heterocycles. The molecule has 2 aliphatic rings. The van der Waals surface area contributed by atoms with Crippen LogP contribution in [0.1, 0.15) is 44.6 Å². The summed E-state index contributed by atoms with van der Waals surface area (Å²) >= 11 is 0. The van der Waals surface area contributed by atoms with E-state index in [0.29, 0.717) is 25.6 Å². The topological polar surface area (TPSA) is 77.2 Å². The molecule has 2 atom stereocenters. The van der Waals surface area contributed by atoms with Crippen molar-refractivity contribution in [2.45, 2.75) is 57.7 Å². The Morgan fingerprint density at radius 2 is 1.93 bits per heavy atom. The summed E-state index contributed by atoms with van der Waals surface area (Å²) in [6.45, 7) is 3.87. The van der Waals surface area contributed by atoms with E-state index in [-0.39, 0.29) is 17.9 Å². The summed E-state index contributed by atoms with van der Waals surface area (Å²) in [7, 11) is 0. The smallest absolute Gasteiger partial charge is 0.221 e. The highest BCUT2D eigenvalue weighted by molar-refractivity contribution is 5.83. The maximum Gasteiger partial charge on any atom is 0.221 e. The second-order valence-electron chi connectivity index (χ2n) is 8.30. The lowest BCUT2D eigenvalue weighted by molar-refractivity contribution is -0.122. The third-order valence-electron chi connectivity index (χ3n) is 6.11. The number of hydrogen-bond donors (Lipinski definition) is 3. The first kappa shape index (κ1) is 19.0. The monoisotopic (exact) mass is 382 g/mol. The van der Waals surface area contributed by atoms with Crippen molar-refractivity contribution in [3.63, 3.8) is 0 Å². The molecule has 1 aliphatic carbocycles. The van der Waals surface area contributed by atoms with Gasteiger partial charge in [-0.25, -0.2) is 0 Å². The van der Waals surface area contributed by atoms with Crippen LogP contribution in [0, 0.1) is 5.92 Å². The summed E-state index contributed by atoms with van der Waals surface area (Å²) in [5, 5.41) is 7.24. The standard InChI is InChI=1S/C22H30N4O2/c1-15(27)24-13-19-8-7-18(26(19)14-16-5-6-16)11-22(28)25-12-17-3-2-4-21-20(17)9-10-23-21/h2-4,9-10,16,18-19,23H,5-8,11-14H2,1H3,(H,24,27)(H,25,28)/t18-,19+/m0/s1. The molecule has 1 aliphatic heterocycles. The predicted molar refractivity (Wildman–Crippen MR) is 110 cm³/mol. The van der Waals surface area contributed by atoms with Crippen LogP contribution < -0.4 is 10.6 Å². The van der Waals surface area contributed by atoms with Gasteiger partial charge in [-0.15, -0.1) is 0 Å². The Balaban J connectivity index is 1.33. The fourth-order valence-corrected chi connectivity index (χ4v) is 4.40. The van der Waals surface area contributed by atoms with E-state index in [9.17, 15) is 9.59 Å². The van der Waals surface area contributed by atoms with Crippen molar-refractivity contribution < 1.29 is 9.59 Å². The van der Waals surface area contributed by atoms with Crippen molar-refractivity contribution in [2.75, 3.05) is 13.1 Å². The Bertz CT molecular complexity index is 842. The molecule has 0 bridgehead atoms. The normalized spacial score (nSPS) is 22.5. The minimum atomic E-state index is 0.0199. The van der Waals surface area contributed by atoms with Crippen LogP contribution in [-0.2, 0) is 16.1 Å². The number of fused-ring (bicyclic) bond motifs is 1. The van der Waals surface area contributed by atoms with Crippen LogP contribution >= 0.6 is 0 Å². The zero-order valence-electron chi connectivity index (χ0n) is 16.5. The summed E-state index contributed by atoms with van der Waals surface area (Å²) in [6, 6.07) is 8.82. The molecule has 1 aromatic heterocycles. The third kappa shape index (κ3) is 4.55. The van der Waals surface area contributed by atoms with Crippen molar-refractivity contribution >= 4 is 22.7 Å². The Morgan fingerprint density at radius 3 is 2.71 bits per heavy atom. The lowest BCUT2D eigenvalue weighted by atomic mass is 10.1. The average Bonchev–Trinajstić information content (AvgIpc) is 3.22. The Morgan fingerprint density at radius 1 is 1.11 bits per heavy atom. The van der Waals surface area contributed by atoms with Crippen molar-refractivity contribution in [3.05, 3.63) is 36.0 Å². The summed E-state index contributed by atoms with van der Waals surface area (Å²) < 4.78 is 0. The highest BCUT2D eigenvalue weighted by Gasteiger charge is 2.37. The Kier molecular flexibility index (Phi) is 5.67. The first-order valence-electron chi connectivity index (χ1n) is 10.4. The van der Waals surface area contributed by atoms with Crippen LogP contribution in [0.3, 0.4) is 0 Å². The maximum atomic E-state index is 12.7. The second kappa shape index (κ2) is 8.35. The zero-order valence-corrected chi connectivity index (χ0v) is 16.5. The van der Waals surface area contributed by atoms with Gasteiger partial charge in [0.25, 0.3) is 0 Å². The molecule has 1 aromatic carbocycles. The van der Waals surface area contributed by atoms with Crippen molar-refractivity contribution in [2.24, 2.45) is 5.92 Å². The van der Waals surface area contributed by atoms with E-state index in [4.69, 9.17) is 0 Å². The molecule has 28 heavy (non-hydrogen) atoms. The van der Waals surface area contributed by atoms with Gasteiger partial charge in [0.05, 0.1) is 0 Å². The summed E-state index contributed by atoms with van der Waals surface area (Å²) in [5.74, 6) is 0.902. The molecule has 150 valence electrons. The number of H-pyrrole nitrogens is 1. The minimum absolute atomic E-state index is 0.0199. The van der Waals surface area contributed by atoms with Gasteiger partial charge >= 0.3 is 0 Å². The quantitative estimate of drug-likeness (QED) is 0.657. The van der Waals surface area contributed by atoms with Gasteiger partial charge in [0, 0.05) is 62.2 Å². The molecule has 0 radical (unpaired) electrons. The number of amides is 2. The van der Waals surface area contributed by atoms with Gasteiger partial charge in [0.1, 0.15) is 0 Å². The summed E-state index contributed by atoms with van der Waals surface area (Å²) in [6.07, 6.45) is 7.13. The summed E-state index contributed by atoms with van der Waals surface area (Å²) in [5.41, 5.74) is 2.23. The predicted octanol–water partition coefficient (Wildman–Crippen LogP) is 2.55. The van der Waals surface area contributed by atoms with Gasteiger partial charge in [-0.05, 0) is 49.3 Å². The number of hydrogen-bond acceptors (Lipinski definition) is 3. The SMILES string of the molecule is CC(=O)NC[C@H]1CC[C@@H](CC(=O)NCc2cccc3[nH]ccc23)N1CC1CC1. The van der Waals surface area contributed by atoms with E-state index in [1.807, 2.05) is 18.3 Å². The van der Waals surface area contributed by atoms with Gasteiger partial charge in [0.2, 0.25) is 11.8 Å². The molecule has 2 fully saturated rings. The van der Waals surface area contributed by atoms with E-state index in [2.05, 4.69) is 32.7 Å². The number of nitrogens with one attached hydrogen (secondary N) is 3. The Labute approximate surface area is 166 Å². The van der Waals surface area contributed by atoms with Crippen LogP contribution in [0.5, 0.6) is 0 Å². The van der Waals surface area contributed by atoms with Crippen LogP contribution in [-0.4, -0.2) is 46.9 Å². The van der Waals surface area contributed by atoms with Crippen molar-refractivity contribution in [1.29, 1.82) is 0 Å². The largest absolute Gasteiger partial charge is 0.361 e. The summed E-state index contributed by atoms with van der Waals surface area (Å²) in [4.78, 5) is 29.6. The molecular formula is C22H30N4O2. The van der Waals surface area contributed by atoms with E-state index in [1.54, 1.807) is 6.92 Å². The lowest BCUT2D eigenvalue weighted by Crippen LogP contribution is -2.45. The molecule has 1 saturated carbocycles. The number of aromatic nitrogens is 1. The fraction of sp³-hybridized carbons (Fsp3) is 0.545. The first-order chi connectivity index (χ1) is 13.6. The highest BCUT2D eigenvalue weighted by atomic mass is 16.2. The number of benzene rings is 1. The molecule has 1 saturated heterocycles. The van der Waals surface area contributed by atoms with E-state index < -0.39 is 0 Å². The molecule has 4 rings (SSSR count). The lowest BCUT2D eigenvalue weighted by Gasteiger charge is -2.30. The van der Waals surface area contributed by atoms with Gasteiger partial charge in [-0.1, -0.05) is 12.1 Å². The van der Waals surface area contributed by atoms with Gasteiger partial charge in [-0.3, -0.25) is 14.5 Å². The number of likely N-dealkylation sites (tertiary alicyclic amines) is 1. The molecule has 6 nitrogen and oxygen atoms in total. The minimum Gasteiger partial charge on any atom is -0.361 e. The molecule has 2 amide bonds. The molecular weight excluding hydrogens is 352 g/mol.